The minimum Gasteiger partial charge on any atom is -0.299 e. The van der Waals surface area contributed by atoms with Crippen LogP contribution in [-0.2, 0) is 4.79 Å². The van der Waals surface area contributed by atoms with Gasteiger partial charge in [-0.3, -0.25) is 14.6 Å². The van der Waals surface area contributed by atoms with Gasteiger partial charge in [0.2, 0.25) is 0 Å². The number of ketones is 1. The Balaban J connectivity index is 1.70. The van der Waals surface area contributed by atoms with Crippen LogP contribution in [0.15, 0.2) is 60.0 Å². The number of nitrogens with zero attached hydrogens (tertiary/aromatic N) is 3. The average Bonchev–Trinajstić information content (AvgIpc) is 2.72. The zero-order valence-corrected chi connectivity index (χ0v) is 14.7. The summed E-state index contributed by atoms with van der Waals surface area (Å²) < 4.78 is 0. The van der Waals surface area contributed by atoms with Gasteiger partial charge in [0.05, 0.1) is 16.8 Å². The van der Waals surface area contributed by atoms with Crippen molar-refractivity contribution in [1.29, 1.82) is 0 Å². The number of pyridine rings is 2. The van der Waals surface area contributed by atoms with Gasteiger partial charge in [-0.15, -0.1) is 0 Å². The van der Waals surface area contributed by atoms with E-state index in [9.17, 15) is 9.59 Å². The summed E-state index contributed by atoms with van der Waals surface area (Å²) in [4.78, 5) is 33.2. The van der Waals surface area contributed by atoms with Crippen molar-refractivity contribution in [2.24, 2.45) is 5.10 Å². The molecule has 1 aliphatic rings. The molecule has 6 nitrogen and oxygen atoms in total. The van der Waals surface area contributed by atoms with E-state index >= 15 is 0 Å². The molecule has 0 saturated heterocycles. The number of fused-ring (bicyclic) bond motifs is 1. The number of rotatable bonds is 3. The number of aromatic nitrogens is 2. The second kappa shape index (κ2) is 7.45. The van der Waals surface area contributed by atoms with Crippen LogP contribution in [0.2, 0.25) is 0 Å². The standard InChI is InChI=1S/C21H18N4O2/c26-16-7-3-6-15(11-16)24-25-21(27)18-12-20(14-5-4-10-22-13-14)23-19-9-2-1-8-17(18)19/h1-2,4-5,8-10,12-13H,3,6-7,11H2,(H,25,27). The summed E-state index contributed by atoms with van der Waals surface area (Å²) in [6.45, 7) is 0. The van der Waals surface area contributed by atoms with Gasteiger partial charge in [0.15, 0.2) is 0 Å². The Labute approximate surface area is 156 Å². The van der Waals surface area contributed by atoms with Gasteiger partial charge in [-0.1, -0.05) is 18.2 Å². The molecule has 0 bridgehead atoms. The third-order valence-electron chi connectivity index (χ3n) is 4.56. The fourth-order valence-electron chi connectivity index (χ4n) is 3.20. The summed E-state index contributed by atoms with van der Waals surface area (Å²) in [6.07, 6.45) is 5.85. The Morgan fingerprint density at radius 3 is 2.81 bits per heavy atom. The molecule has 1 N–H and O–H groups in total. The highest BCUT2D eigenvalue weighted by Gasteiger charge is 2.17. The molecule has 0 spiro atoms. The van der Waals surface area contributed by atoms with E-state index in [1.54, 1.807) is 18.5 Å². The van der Waals surface area contributed by atoms with E-state index in [-0.39, 0.29) is 11.7 Å². The monoisotopic (exact) mass is 358 g/mol. The zero-order valence-electron chi connectivity index (χ0n) is 14.7. The van der Waals surface area contributed by atoms with Crippen LogP contribution in [0.4, 0.5) is 0 Å². The molecule has 134 valence electrons. The first kappa shape index (κ1) is 17.0. The quantitative estimate of drug-likeness (QED) is 0.726. The first-order valence-electron chi connectivity index (χ1n) is 8.88. The van der Waals surface area contributed by atoms with E-state index in [4.69, 9.17) is 0 Å². The van der Waals surface area contributed by atoms with Gasteiger partial charge in [-0.05, 0) is 37.1 Å². The summed E-state index contributed by atoms with van der Waals surface area (Å²) in [5.74, 6) is -0.147. The number of benzene rings is 1. The van der Waals surface area contributed by atoms with Gasteiger partial charge in [-0.2, -0.15) is 5.10 Å². The third-order valence-corrected chi connectivity index (χ3v) is 4.56. The van der Waals surface area contributed by atoms with Gasteiger partial charge < -0.3 is 0 Å². The molecule has 0 radical (unpaired) electrons. The van der Waals surface area contributed by atoms with E-state index in [0.29, 0.717) is 24.1 Å². The highest BCUT2D eigenvalue weighted by molar-refractivity contribution is 6.08. The van der Waals surface area contributed by atoms with E-state index in [1.165, 1.54) is 0 Å². The van der Waals surface area contributed by atoms with Crippen molar-refractivity contribution in [3.63, 3.8) is 0 Å². The largest absolute Gasteiger partial charge is 0.299 e. The summed E-state index contributed by atoms with van der Waals surface area (Å²) in [7, 11) is 0. The maximum atomic E-state index is 12.8. The SMILES string of the molecule is O=C1CCCC(=NNC(=O)c2cc(-c3cccnc3)nc3ccccc23)C1. The number of hydrazone groups is 1. The minimum absolute atomic E-state index is 0.169. The molecule has 2 heterocycles. The van der Waals surface area contributed by atoms with Crippen LogP contribution in [0.25, 0.3) is 22.2 Å². The topological polar surface area (TPSA) is 84.3 Å². The third kappa shape index (κ3) is 3.74. The predicted molar refractivity (Wildman–Crippen MR) is 103 cm³/mol. The fourth-order valence-corrected chi connectivity index (χ4v) is 3.20. The van der Waals surface area contributed by atoms with E-state index in [0.717, 1.165) is 35.0 Å². The number of amides is 1. The molecule has 1 saturated carbocycles. The van der Waals surface area contributed by atoms with Crippen molar-refractivity contribution in [2.75, 3.05) is 0 Å². The Kier molecular flexibility index (Phi) is 4.70. The molecule has 0 aliphatic heterocycles. The summed E-state index contributed by atoms with van der Waals surface area (Å²) in [5, 5.41) is 4.94. The number of hydrogen-bond acceptors (Lipinski definition) is 5. The Morgan fingerprint density at radius 1 is 1.11 bits per heavy atom. The molecule has 0 unspecified atom stereocenters. The number of para-hydroxylation sites is 1. The molecule has 2 aromatic heterocycles. The molecule has 0 atom stereocenters. The van der Waals surface area contributed by atoms with E-state index < -0.39 is 0 Å². The number of carbonyl (C=O) groups excluding carboxylic acids is 2. The first-order valence-corrected chi connectivity index (χ1v) is 8.88. The van der Waals surface area contributed by atoms with E-state index in [2.05, 4.69) is 20.5 Å². The maximum absolute atomic E-state index is 12.8. The summed E-state index contributed by atoms with van der Waals surface area (Å²) >= 11 is 0. The summed E-state index contributed by atoms with van der Waals surface area (Å²) in [6, 6.07) is 13.0. The molecule has 4 rings (SSSR count). The lowest BCUT2D eigenvalue weighted by Crippen LogP contribution is -2.23. The highest BCUT2D eigenvalue weighted by Crippen LogP contribution is 2.24. The number of hydrogen-bond donors (Lipinski definition) is 1. The molecule has 6 heteroatoms. The number of nitrogens with one attached hydrogen (secondary N) is 1. The smallest absolute Gasteiger partial charge is 0.272 e. The van der Waals surface area contributed by atoms with Crippen LogP contribution in [-0.4, -0.2) is 27.4 Å². The lowest BCUT2D eigenvalue weighted by Gasteiger charge is -2.12. The van der Waals surface area contributed by atoms with Crippen molar-refractivity contribution >= 4 is 28.3 Å². The van der Waals surface area contributed by atoms with Crippen molar-refractivity contribution in [1.82, 2.24) is 15.4 Å². The Morgan fingerprint density at radius 2 is 2.00 bits per heavy atom. The number of carbonyl (C=O) groups is 2. The first-order chi connectivity index (χ1) is 13.2. The van der Waals surface area contributed by atoms with Gasteiger partial charge in [0.1, 0.15) is 5.78 Å². The van der Waals surface area contributed by atoms with Crippen molar-refractivity contribution < 1.29 is 9.59 Å². The van der Waals surface area contributed by atoms with Crippen LogP contribution in [0, 0.1) is 0 Å². The highest BCUT2D eigenvalue weighted by atomic mass is 16.2. The van der Waals surface area contributed by atoms with Gasteiger partial charge in [0, 0.05) is 41.9 Å². The molecule has 3 aromatic rings. The Bertz CT molecular complexity index is 1040. The van der Waals surface area contributed by atoms with Crippen molar-refractivity contribution in [2.45, 2.75) is 25.7 Å². The van der Waals surface area contributed by atoms with Gasteiger partial charge in [0.25, 0.3) is 5.91 Å². The number of Topliss-reactive ketones (excluding diaryl/α,β-unsaturated/α-hetero) is 1. The predicted octanol–water partition coefficient (Wildman–Crippen LogP) is 3.53. The molecular weight excluding hydrogens is 340 g/mol. The van der Waals surface area contributed by atoms with Crippen LogP contribution >= 0.6 is 0 Å². The Hall–Kier alpha value is -3.41. The molecule has 27 heavy (non-hydrogen) atoms. The van der Waals surface area contributed by atoms with Crippen molar-refractivity contribution in [3.05, 3.63) is 60.4 Å². The summed E-state index contributed by atoms with van der Waals surface area (Å²) in [5.41, 5.74) is 6.07. The zero-order chi connectivity index (χ0) is 18.6. The van der Waals surface area contributed by atoms with E-state index in [1.807, 2.05) is 36.4 Å². The second-order valence-electron chi connectivity index (χ2n) is 6.50. The molecule has 1 aromatic carbocycles. The van der Waals surface area contributed by atoms with Crippen LogP contribution < -0.4 is 5.43 Å². The van der Waals surface area contributed by atoms with Crippen molar-refractivity contribution in [3.8, 4) is 11.3 Å². The lowest BCUT2D eigenvalue weighted by atomic mass is 9.97. The van der Waals surface area contributed by atoms with Crippen LogP contribution in [0.5, 0.6) is 0 Å². The molecule has 1 amide bonds. The lowest BCUT2D eigenvalue weighted by molar-refractivity contribution is -0.118. The molecular formula is C21H18N4O2. The average molecular weight is 358 g/mol. The minimum atomic E-state index is -0.315. The maximum Gasteiger partial charge on any atom is 0.272 e. The second-order valence-corrected chi connectivity index (χ2v) is 6.50. The van der Waals surface area contributed by atoms with Crippen LogP contribution in [0.1, 0.15) is 36.0 Å². The van der Waals surface area contributed by atoms with Gasteiger partial charge in [-0.25, -0.2) is 10.4 Å². The van der Waals surface area contributed by atoms with Crippen LogP contribution in [0.3, 0.4) is 0 Å². The van der Waals surface area contributed by atoms with Gasteiger partial charge >= 0.3 is 0 Å². The normalized spacial score (nSPS) is 15.9. The molecule has 1 aliphatic carbocycles. The molecule has 1 fully saturated rings. The fraction of sp³-hybridized carbons (Fsp3) is 0.190.